The molecule has 1 atom stereocenters. The first kappa shape index (κ1) is 8.79. The van der Waals surface area contributed by atoms with Gasteiger partial charge < -0.3 is 4.74 Å². The molecular weight excluding hydrogens is 136 g/mol. The van der Waals surface area contributed by atoms with Crippen LogP contribution in [0.5, 0.6) is 0 Å². The van der Waals surface area contributed by atoms with Crippen molar-refractivity contribution in [2.24, 2.45) is 0 Å². The van der Waals surface area contributed by atoms with Gasteiger partial charge in [0.15, 0.2) is 0 Å². The van der Waals surface area contributed by atoms with Crippen molar-refractivity contribution in [2.75, 3.05) is 6.61 Å². The first-order chi connectivity index (χ1) is 5.29. The molecule has 2 rings (SSSR count). The van der Waals surface area contributed by atoms with Gasteiger partial charge >= 0.3 is 0 Å². The smallest absolute Gasteiger partial charge is 0.0781 e. The fourth-order valence-corrected chi connectivity index (χ4v) is 1.09. The highest BCUT2D eigenvalue weighted by molar-refractivity contribution is 5.00. The zero-order valence-corrected chi connectivity index (χ0v) is 7.60. The Morgan fingerprint density at radius 1 is 1.45 bits per heavy atom. The van der Waals surface area contributed by atoms with Crippen LogP contribution in [-0.4, -0.2) is 12.7 Å². The van der Waals surface area contributed by atoms with Crippen LogP contribution in [0.25, 0.3) is 0 Å². The van der Waals surface area contributed by atoms with E-state index in [2.05, 4.69) is 19.9 Å². The minimum absolute atomic E-state index is 0.583. The molecule has 1 heteroatoms. The first-order valence-electron chi connectivity index (χ1n) is 4.56. The largest absolute Gasteiger partial charge is 0.373 e. The highest BCUT2D eigenvalue weighted by Crippen LogP contribution is 2.15. The minimum atomic E-state index is 0.583. The van der Waals surface area contributed by atoms with Gasteiger partial charge in [-0.25, -0.2) is 0 Å². The van der Waals surface area contributed by atoms with E-state index in [1.54, 1.807) is 5.57 Å². The molecule has 1 aliphatic heterocycles. The summed E-state index contributed by atoms with van der Waals surface area (Å²) in [5.74, 6) is 0. The van der Waals surface area contributed by atoms with Gasteiger partial charge in [0.05, 0.1) is 12.7 Å². The molecule has 1 fully saturated rings. The zero-order valence-electron chi connectivity index (χ0n) is 7.60. The van der Waals surface area contributed by atoms with E-state index in [9.17, 15) is 0 Å². The highest BCUT2D eigenvalue weighted by atomic mass is 16.6. The Hall–Kier alpha value is -0.300. The first-order valence-corrected chi connectivity index (χ1v) is 4.56. The van der Waals surface area contributed by atoms with Crippen molar-refractivity contribution in [2.45, 2.75) is 45.6 Å². The van der Waals surface area contributed by atoms with Gasteiger partial charge in [-0.3, -0.25) is 0 Å². The summed E-state index contributed by atoms with van der Waals surface area (Å²) in [5.41, 5.74) is 1.59. The molecule has 0 saturated carbocycles. The van der Waals surface area contributed by atoms with Crippen molar-refractivity contribution in [1.29, 1.82) is 0 Å². The molecule has 1 heterocycles. The maximum Gasteiger partial charge on any atom is 0.0781 e. The van der Waals surface area contributed by atoms with Crippen molar-refractivity contribution in [3.8, 4) is 0 Å². The van der Waals surface area contributed by atoms with E-state index in [0.717, 1.165) is 6.61 Å². The van der Waals surface area contributed by atoms with Crippen LogP contribution in [0.1, 0.15) is 39.5 Å². The third kappa shape index (κ3) is 5.02. The lowest BCUT2D eigenvalue weighted by atomic mass is 10.0. The SMILES string of the molecule is CC1=CCCCC1.CC1CO1. The second-order valence-electron chi connectivity index (χ2n) is 3.44. The lowest BCUT2D eigenvalue weighted by Gasteiger charge is -2.05. The van der Waals surface area contributed by atoms with Gasteiger partial charge in [-0.05, 0) is 39.5 Å². The number of allylic oxidation sites excluding steroid dienone is 2. The molecule has 1 nitrogen and oxygen atoms in total. The predicted molar refractivity (Wildman–Crippen MR) is 47.6 cm³/mol. The summed E-state index contributed by atoms with van der Waals surface area (Å²) >= 11 is 0. The zero-order chi connectivity index (χ0) is 8.10. The summed E-state index contributed by atoms with van der Waals surface area (Å²) in [6, 6.07) is 0. The van der Waals surface area contributed by atoms with E-state index in [1.807, 2.05) is 0 Å². The molecule has 0 radical (unpaired) electrons. The lowest BCUT2D eigenvalue weighted by Crippen LogP contribution is -1.85. The Kier molecular flexibility index (Phi) is 3.64. The van der Waals surface area contributed by atoms with Crippen molar-refractivity contribution in [3.05, 3.63) is 11.6 Å². The number of hydrogen-bond donors (Lipinski definition) is 0. The molecule has 0 bridgehead atoms. The Balaban J connectivity index is 0.000000128. The summed E-state index contributed by atoms with van der Waals surface area (Å²) < 4.78 is 4.71. The van der Waals surface area contributed by atoms with Gasteiger partial charge in [0.1, 0.15) is 0 Å². The molecule has 0 N–H and O–H groups in total. The predicted octanol–water partition coefficient (Wildman–Crippen LogP) is 2.91. The van der Waals surface area contributed by atoms with Gasteiger partial charge in [0.2, 0.25) is 0 Å². The number of ether oxygens (including phenoxy) is 1. The molecular formula is C10H18O. The van der Waals surface area contributed by atoms with Gasteiger partial charge in [-0.15, -0.1) is 0 Å². The van der Waals surface area contributed by atoms with Crippen LogP contribution in [0.2, 0.25) is 0 Å². The van der Waals surface area contributed by atoms with E-state index in [-0.39, 0.29) is 0 Å². The molecule has 1 aliphatic carbocycles. The minimum Gasteiger partial charge on any atom is -0.373 e. The van der Waals surface area contributed by atoms with Crippen molar-refractivity contribution in [3.63, 3.8) is 0 Å². The van der Waals surface area contributed by atoms with E-state index in [1.165, 1.54) is 25.7 Å². The molecule has 0 amide bonds. The molecule has 0 aromatic heterocycles. The normalized spacial score (nSPS) is 28.2. The topological polar surface area (TPSA) is 12.5 Å². The van der Waals surface area contributed by atoms with Gasteiger partial charge in [-0.1, -0.05) is 11.6 Å². The Morgan fingerprint density at radius 3 is 2.27 bits per heavy atom. The van der Waals surface area contributed by atoms with Crippen LogP contribution < -0.4 is 0 Å². The molecule has 2 aliphatic rings. The number of epoxide rings is 1. The van der Waals surface area contributed by atoms with E-state index < -0.39 is 0 Å². The lowest BCUT2D eigenvalue weighted by molar-refractivity contribution is 0.423. The summed E-state index contributed by atoms with van der Waals surface area (Å²) in [6.45, 7) is 5.26. The molecule has 11 heavy (non-hydrogen) atoms. The average molecular weight is 154 g/mol. The average Bonchev–Trinajstić information content (AvgIpc) is 2.75. The Bertz CT molecular complexity index is 134. The van der Waals surface area contributed by atoms with Crippen LogP contribution in [0, 0.1) is 0 Å². The molecule has 0 aromatic rings. The molecule has 1 unspecified atom stereocenters. The van der Waals surface area contributed by atoms with Crippen LogP contribution in [0.4, 0.5) is 0 Å². The third-order valence-corrected chi connectivity index (χ3v) is 2.02. The van der Waals surface area contributed by atoms with Crippen molar-refractivity contribution < 1.29 is 4.74 Å². The van der Waals surface area contributed by atoms with Crippen molar-refractivity contribution in [1.82, 2.24) is 0 Å². The standard InChI is InChI=1S/C7H12.C3H6O/c1-7-5-3-2-4-6-7;1-3-2-4-3/h5H,2-4,6H2,1H3;3H,2H2,1H3. The summed E-state index contributed by atoms with van der Waals surface area (Å²) in [7, 11) is 0. The van der Waals surface area contributed by atoms with Gasteiger partial charge in [0.25, 0.3) is 0 Å². The summed E-state index contributed by atoms with van der Waals surface area (Å²) in [4.78, 5) is 0. The van der Waals surface area contributed by atoms with Gasteiger partial charge in [-0.2, -0.15) is 0 Å². The second kappa shape index (κ2) is 4.55. The number of rotatable bonds is 0. The molecule has 1 saturated heterocycles. The highest BCUT2D eigenvalue weighted by Gasteiger charge is 2.13. The van der Waals surface area contributed by atoms with Crippen LogP contribution >= 0.6 is 0 Å². The van der Waals surface area contributed by atoms with Crippen molar-refractivity contribution >= 4 is 0 Å². The second-order valence-corrected chi connectivity index (χ2v) is 3.44. The van der Waals surface area contributed by atoms with E-state index in [4.69, 9.17) is 4.74 Å². The molecule has 0 aromatic carbocycles. The van der Waals surface area contributed by atoms with Gasteiger partial charge in [0, 0.05) is 0 Å². The third-order valence-electron chi connectivity index (χ3n) is 2.02. The maximum atomic E-state index is 4.71. The quantitative estimate of drug-likeness (QED) is 0.386. The Labute approximate surface area is 69.4 Å². The summed E-state index contributed by atoms with van der Waals surface area (Å²) in [5, 5.41) is 0. The maximum absolute atomic E-state index is 4.71. The molecule has 64 valence electrons. The van der Waals surface area contributed by atoms with Crippen LogP contribution in [0.3, 0.4) is 0 Å². The van der Waals surface area contributed by atoms with Crippen LogP contribution in [0.15, 0.2) is 11.6 Å². The van der Waals surface area contributed by atoms with E-state index >= 15 is 0 Å². The van der Waals surface area contributed by atoms with E-state index in [0.29, 0.717) is 6.10 Å². The fourth-order valence-electron chi connectivity index (χ4n) is 1.09. The molecule has 0 spiro atoms. The summed E-state index contributed by atoms with van der Waals surface area (Å²) in [6.07, 6.45) is 8.44. The Morgan fingerprint density at radius 2 is 2.09 bits per heavy atom. The number of hydrogen-bond acceptors (Lipinski definition) is 1. The monoisotopic (exact) mass is 154 g/mol. The van der Waals surface area contributed by atoms with Crippen LogP contribution in [-0.2, 0) is 4.74 Å². The fraction of sp³-hybridized carbons (Fsp3) is 0.800.